The molecule has 1 aliphatic heterocycles. The first-order valence-corrected chi connectivity index (χ1v) is 9.59. The molecule has 1 fully saturated rings. The number of piperidine rings is 1. The molecule has 2 aromatic rings. The number of hydrogen-bond acceptors (Lipinski definition) is 4. The Kier molecular flexibility index (Phi) is 6.45. The predicted octanol–water partition coefficient (Wildman–Crippen LogP) is 3.79. The van der Waals surface area contributed by atoms with E-state index in [0.717, 1.165) is 12.7 Å². The lowest BCUT2D eigenvalue weighted by Crippen LogP contribution is -2.64. The molecule has 0 aliphatic carbocycles. The normalized spacial score (nSPS) is 16.7. The van der Waals surface area contributed by atoms with Crippen LogP contribution in [0.1, 0.15) is 18.4 Å². The fraction of sp³-hybridized carbons (Fsp3) is 0.364. The number of hydrogen-bond donors (Lipinski definition) is 0. The van der Waals surface area contributed by atoms with E-state index in [1.807, 2.05) is 30.3 Å². The molecule has 0 aromatic heterocycles. The van der Waals surface area contributed by atoms with Crippen LogP contribution in [0.3, 0.4) is 0 Å². The largest absolute Gasteiger partial charge is 0.471 e. The number of anilines is 1. The lowest BCUT2D eigenvalue weighted by Gasteiger charge is -2.46. The number of carbonyl (C=O) groups is 2. The maximum atomic E-state index is 13.5. The number of nitrogens with zero attached hydrogens (tertiary/aromatic N) is 2. The lowest BCUT2D eigenvalue weighted by molar-refractivity contribution is -0.174. The first-order valence-electron chi connectivity index (χ1n) is 9.59. The third kappa shape index (κ3) is 4.48. The second kappa shape index (κ2) is 8.87. The lowest BCUT2D eigenvalue weighted by atomic mass is 9.84. The minimum atomic E-state index is -5.13. The summed E-state index contributed by atoms with van der Waals surface area (Å²) in [5, 5.41) is 0. The van der Waals surface area contributed by atoms with Gasteiger partial charge in [-0.1, -0.05) is 48.5 Å². The van der Waals surface area contributed by atoms with Gasteiger partial charge in [-0.3, -0.25) is 14.6 Å². The molecule has 0 bridgehead atoms. The van der Waals surface area contributed by atoms with E-state index in [1.165, 1.54) is 24.3 Å². The number of alkyl halides is 3. The van der Waals surface area contributed by atoms with E-state index in [2.05, 4.69) is 4.90 Å². The van der Waals surface area contributed by atoms with E-state index >= 15 is 0 Å². The average Bonchev–Trinajstić information content (AvgIpc) is 2.75. The van der Waals surface area contributed by atoms with E-state index in [1.54, 1.807) is 6.07 Å². The van der Waals surface area contributed by atoms with Crippen LogP contribution in [0.15, 0.2) is 60.7 Å². The van der Waals surface area contributed by atoms with Crippen molar-refractivity contribution in [2.45, 2.75) is 31.1 Å². The Morgan fingerprint density at radius 1 is 1.00 bits per heavy atom. The molecule has 30 heavy (non-hydrogen) atoms. The number of methoxy groups -OCH3 is 1. The molecule has 1 heterocycles. The molecule has 0 spiro atoms. The van der Waals surface area contributed by atoms with Crippen LogP contribution in [0.2, 0.25) is 0 Å². The van der Waals surface area contributed by atoms with Gasteiger partial charge in [-0.2, -0.15) is 13.2 Å². The second-order valence-electron chi connectivity index (χ2n) is 7.26. The van der Waals surface area contributed by atoms with E-state index in [-0.39, 0.29) is 18.5 Å². The van der Waals surface area contributed by atoms with Gasteiger partial charge in [0.1, 0.15) is 5.54 Å². The van der Waals surface area contributed by atoms with Gasteiger partial charge in [0.05, 0.1) is 7.11 Å². The first-order chi connectivity index (χ1) is 14.3. The Labute approximate surface area is 173 Å². The summed E-state index contributed by atoms with van der Waals surface area (Å²) in [4.78, 5) is 27.9. The highest BCUT2D eigenvalue weighted by molar-refractivity contribution is 6.04. The van der Waals surface area contributed by atoms with Gasteiger partial charge >= 0.3 is 18.1 Å². The van der Waals surface area contributed by atoms with Crippen LogP contribution in [-0.4, -0.2) is 48.7 Å². The summed E-state index contributed by atoms with van der Waals surface area (Å²) < 4.78 is 45.4. The van der Waals surface area contributed by atoms with Gasteiger partial charge in [-0.25, -0.2) is 4.79 Å². The van der Waals surface area contributed by atoms with Crippen LogP contribution in [0.25, 0.3) is 0 Å². The fourth-order valence-electron chi connectivity index (χ4n) is 3.89. The van der Waals surface area contributed by atoms with Crippen molar-refractivity contribution < 1.29 is 27.5 Å². The summed E-state index contributed by atoms with van der Waals surface area (Å²) in [5.41, 5.74) is -0.647. The smallest absolute Gasteiger partial charge is 0.467 e. The van der Waals surface area contributed by atoms with Crippen LogP contribution >= 0.6 is 0 Å². The molecule has 2 aromatic carbocycles. The molecule has 1 saturated heterocycles. The molecule has 160 valence electrons. The number of benzene rings is 2. The second-order valence-corrected chi connectivity index (χ2v) is 7.26. The highest BCUT2D eigenvalue weighted by Gasteiger charge is 2.56. The topological polar surface area (TPSA) is 49.9 Å². The van der Waals surface area contributed by atoms with Crippen molar-refractivity contribution in [2.75, 3.05) is 25.1 Å². The quantitative estimate of drug-likeness (QED) is 0.691. The number of para-hydroxylation sites is 1. The summed E-state index contributed by atoms with van der Waals surface area (Å²) in [6.45, 7) is 1.30. The standard InChI is InChI=1S/C22H23F3N2O3/c1-30-20(29)21(12-14-26(15-13-21)16-17-8-4-2-5-9-17)27(19(28)22(23,24)25)18-10-6-3-7-11-18/h2-11H,12-16H2,1H3. The van der Waals surface area contributed by atoms with E-state index in [4.69, 9.17) is 4.74 Å². The number of ether oxygens (including phenoxy) is 1. The summed E-state index contributed by atoms with van der Waals surface area (Å²) >= 11 is 0. The van der Waals surface area contributed by atoms with Crippen molar-refractivity contribution in [1.82, 2.24) is 4.90 Å². The Morgan fingerprint density at radius 3 is 2.03 bits per heavy atom. The van der Waals surface area contributed by atoms with Crippen molar-refractivity contribution in [3.63, 3.8) is 0 Å². The highest BCUT2D eigenvalue weighted by Crippen LogP contribution is 2.38. The number of halogens is 3. The van der Waals surface area contributed by atoms with Gasteiger partial charge in [-0.15, -0.1) is 0 Å². The van der Waals surface area contributed by atoms with Crippen molar-refractivity contribution in [3.8, 4) is 0 Å². The molecule has 3 rings (SSSR count). The Morgan fingerprint density at radius 2 is 1.53 bits per heavy atom. The number of esters is 1. The van der Waals surface area contributed by atoms with Gasteiger partial charge < -0.3 is 4.74 Å². The van der Waals surface area contributed by atoms with Crippen molar-refractivity contribution >= 4 is 17.6 Å². The van der Waals surface area contributed by atoms with E-state index < -0.39 is 23.6 Å². The SMILES string of the molecule is COC(=O)C1(N(C(=O)C(F)(F)F)c2ccccc2)CCN(Cc2ccccc2)CC1. The Bertz CT molecular complexity index is 864. The summed E-state index contributed by atoms with van der Waals surface area (Å²) in [6.07, 6.45) is -5.07. The maximum absolute atomic E-state index is 13.5. The van der Waals surface area contributed by atoms with E-state index in [9.17, 15) is 22.8 Å². The number of rotatable bonds is 5. The molecule has 0 saturated carbocycles. The molecule has 5 nitrogen and oxygen atoms in total. The zero-order valence-corrected chi connectivity index (χ0v) is 16.6. The maximum Gasteiger partial charge on any atom is 0.471 e. The predicted molar refractivity (Wildman–Crippen MR) is 106 cm³/mol. The van der Waals surface area contributed by atoms with Crippen molar-refractivity contribution in [3.05, 3.63) is 66.2 Å². The van der Waals surface area contributed by atoms with Crippen LogP contribution in [-0.2, 0) is 20.9 Å². The number of carbonyl (C=O) groups excluding carboxylic acids is 2. The molecular formula is C22H23F3N2O3. The molecule has 0 unspecified atom stereocenters. The van der Waals surface area contributed by atoms with Gasteiger partial charge in [0, 0.05) is 25.3 Å². The molecule has 8 heteroatoms. The van der Waals surface area contributed by atoms with Gasteiger partial charge in [0.25, 0.3) is 0 Å². The molecule has 0 N–H and O–H groups in total. The minimum Gasteiger partial charge on any atom is -0.467 e. The third-order valence-electron chi connectivity index (χ3n) is 5.39. The monoisotopic (exact) mass is 420 g/mol. The van der Waals surface area contributed by atoms with Crippen molar-refractivity contribution in [1.29, 1.82) is 0 Å². The average molecular weight is 420 g/mol. The van der Waals surface area contributed by atoms with Crippen LogP contribution < -0.4 is 4.90 Å². The molecule has 1 aliphatic rings. The van der Waals surface area contributed by atoms with Gasteiger partial charge in [0.15, 0.2) is 0 Å². The number of amides is 1. The Balaban J connectivity index is 1.93. The molecular weight excluding hydrogens is 397 g/mol. The van der Waals surface area contributed by atoms with Crippen LogP contribution in [0, 0.1) is 0 Å². The fourth-order valence-corrected chi connectivity index (χ4v) is 3.89. The van der Waals surface area contributed by atoms with Crippen LogP contribution in [0.5, 0.6) is 0 Å². The highest BCUT2D eigenvalue weighted by atomic mass is 19.4. The molecule has 1 amide bonds. The van der Waals surface area contributed by atoms with Crippen LogP contribution in [0.4, 0.5) is 18.9 Å². The molecule has 0 radical (unpaired) electrons. The Hall–Kier alpha value is -2.87. The van der Waals surface area contributed by atoms with Gasteiger partial charge in [0.2, 0.25) is 0 Å². The zero-order valence-electron chi connectivity index (χ0n) is 16.6. The molecule has 0 atom stereocenters. The zero-order chi connectivity index (χ0) is 21.8. The summed E-state index contributed by atoms with van der Waals surface area (Å²) in [5.74, 6) is -2.92. The number of likely N-dealkylation sites (tertiary alicyclic amines) is 1. The van der Waals surface area contributed by atoms with Gasteiger partial charge in [-0.05, 0) is 30.5 Å². The minimum absolute atomic E-state index is 0.0155. The van der Waals surface area contributed by atoms with Crippen molar-refractivity contribution in [2.24, 2.45) is 0 Å². The summed E-state index contributed by atoms with van der Waals surface area (Å²) in [6, 6.07) is 17.1. The summed E-state index contributed by atoms with van der Waals surface area (Å²) in [7, 11) is 1.13. The van der Waals surface area contributed by atoms with E-state index in [0.29, 0.717) is 24.5 Å². The first kappa shape index (κ1) is 21.8. The third-order valence-corrected chi connectivity index (χ3v) is 5.39.